The number of carbonyl (C=O) groups excluding carboxylic acids is 2. The van der Waals surface area contributed by atoms with Gasteiger partial charge in [0.05, 0.1) is 0 Å². The average molecular weight is 369 g/mol. The van der Waals surface area contributed by atoms with Gasteiger partial charge in [0, 0.05) is 11.1 Å². The van der Waals surface area contributed by atoms with Gasteiger partial charge in [0.2, 0.25) is 0 Å². The van der Waals surface area contributed by atoms with Gasteiger partial charge in [-0.2, -0.15) is 0 Å². The molecule has 3 N–H and O–H groups in total. The number of hydrazine groups is 1. The Bertz CT molecular complexity index is 824. The molecular weight excluding hydrogens is 346 g/mol. The van der Waals surface area contributed by atoms with Crippen LogP contribution in [-0.4, -0.2) is 16.9 Å². The first-order valence-corrected chi connectivity index (χ1v) is 8.67. The molecule has 2 rings (SSSR count). The van der Waals surface area contributed by atoms with Crippen LogP contribution in [0.15, 0.2) is 48.5 Å². The van der Waals surface area contributed by atoms with Gasteiger partial charge in [-0.15, -0.1) is 0 Å². The van der Waals surface area contributed by atoms with Crippen LogP contribution in [0.5, 0.6) is 0 Å². The number of aryl methyl sites for hydroxylation is 1. The Morgan fingerprint density at radius 3 is 2.08 bits per heavy atom. The zero-order valence-electron chi connectivity index (χ0n) is 15.3. The van der Waals surface area contributed by atoms with Crippen molar-refractivity contribution in [2.75, 3.05) is 0 Å². The summed E-state index contributed by atoms with van der Waals surface area (Å²) in [4.78, 5) is 24.3. The number of nitrogens with one attached hydrogen (secondary N) is 3. The van der Waals surface area contributed by atoms with Crippen molar-refractivity contribution in [2.45, 2.75) is 33.1 Å². The highest BCUT2D eigenvalue weighted by molar-refractivity contribution is 7.80. The van der Waals surface area contributed by atoms with E-state index in [1.807, 2.05) is 31.2 Å². The topological polar surface area (TPSA) is 70.2 Å². The first-order chi connectivity index (χ1) is 12.2. The standard InChI is InChI=1S/C20H23N3O2S/c1-13-7-5-6-8-16(13)18(25)21-19(26)23-22-17(24)14-9-11-15(12-10-14)20(2,3)4/h5-12H,1-4H3,(H,22,24)(H2,21,23,25,26). The Kier molecular flexibility index (Phi) is 6.10. The van der Waals surface area contributed by atoms with Gasteiger partial charge in [-0.05, 0) is 53.9 Å². The van der Waals surface area contributed by atoms with Crippen LogP contribution in [0.3, 0.4) is 0 Å². The van der Waals surface area contributed by atoms with Gasteiger partial charge in [-0.25, -0.2) is 0 Å². The van der Waals surface area contributed by atoms with E-state index in [1.54, 1.807) is 24.3 Å². The van der Waals surface area contributed by atoms with E-state index < -0.39 is 0 Å². The van der Waals surface area contributed by atoms with Crippen LogP contribution >= 0.6 is 12.2 Å². The maximum absolute atomic E-state index is 12.2. The van der Waals surface area contributed by atoms with E-state index in [0.29, 0.717) is 11.1 Å². The first kappa shape index (κ1) is 19.6. The Labute approximate surface area is 159 Å². The molecular formula is C20H23N3O2S. The number of thiocarbonyl (C=S) groups is 1. The van der Waals surface area contributed by atoms with Crippen LogP contribution in [0.1, 0.15) is 52.6 Å². The quantitative estimate of drug-likeness (QED) is 0.561. The molecule has 136 valence electrons. The normalized spacial score (nSPS) is 10.8. The van der Waals surface area contributed by atoms with Gasteiger partial charge in [-0.3, -0.25) is 25.8 Å². The Morgan fingerprint density at radius 1 is 0.885 bits per heavy atom. The fraction of sp³-hybridized carbons (Fsp3) is 0.250. The molecule has 2 aromatic rings. The predicted octanol–water partition coefficient (Wildman–Crippen LogP) is 3.24. The minimum atomic E-state index is -0.335. The summed E-state index contributed by atoms with van der Waals surface area (Å²) < 4.78 is 0. The molecule has 0 radical (unpaired) electrons. The van der Waals surface area contributed by atoms with Crippen molar-refractivity contribution in [3.05, 3.63) is 70.8 Å². The van der Waals surface area contributed by atoms with E-state index in [4.69, 9.17) is 12.2 Å². The van der Waals surface area contributed by atoms with Gasteiger partial charge in [-0.1, -0.05) is 51.1 Å². The molecule has 0 heterocycles. The Balaban J connectivity index is 1.90. The minimum Gasteiger partial charge on any atom is -0.298 e. The highest BCUT2D eigenvalue weighted by Gasteiger charge is 2.15. The molecule has 0 saturated heterocycles. The maximum atomic E-state index is 12.2. The molecule has 0 saturated carbocycles. The molecule has 0 bridgehead atoms. The van der Waals surface area contributed by atoms with Crippen molar-refractivity contribution in [2.24, 2.45) is 0 Å². The largest absolute Gasteiger partial charge is 0.298 e. The van der Waals surface area contributed by atoms with Gasteiger partial charge in [0.1, 0.15) is 0 Å². The van der Waals surface area contributed by atoms with Gasteiger partial charge in [0.25, 0.3) is 11.8 Å². The smallest absolute Gasteiger partial charge is 0.269 e. The van der Waals surface area contributed by atoms with Crippen LogP contribution in [0, 0.1) is 6.92 Å². The lowest BCUT2D eigenvalue weighted by molar-refractivity contribution is 0.0934. The number of amides is 2. The molecule has 0 aliphatic carbocycles. The van der Waals surface area contributed by atoms with Crippen LogP contribution in [0.2, 0.25) is 0 Å². The van der Waals surface area contributed by atoms with Crippen molar-refractivity contribution in [3.8, 4) is 0 Å². The maximum Gasteiger partial charge on any atom is 0.269 e. The third-order valence-corrected chi connectivity index (χ3v) is 4.12. The van der Waals surface area contributed by atoms with Crippen molar-refractivity contribution in [1.29, 1.82) is 0 Å². The summed E-state index contributed by atoms with van der Waals surface area (Å²) >= 11 is 5.05. The third kappa shape index (κ3) is 5.13. The minimum absolute atomic E-state index is 0.0225. The molecule has 0 unspecified atom stereocenters. The molecule has 26 heavy (non-hydrogen) atoms. The molecule has 0 spiro atoms. The third-order valence-electron chi connectivity index (χ3n) is 3.92. The number of benzene rings is 2. The molecule has 2 aromatic carbocycles. The molecule has 5 nitrogen and oxygen atoms in total. The lowest BCUT2D eigenvalue weighted by atomic mass is 9.87. The second-order valence-corrected chi connectivity index (χ2v) is 7.41. The van der Waals surface area contributed by atoms with E-state index >= 15 is 0 Å². The first-order valence-electron chi connectivity index (χ1n) is 8.26. The van der Waals surface area contributed by atoms with E-state index in [-0.39, 0.29) is 22.3 Å². The molecule has 2 amide bonds. The molecule has 0 fully saturated rings. The number of hydrogen-bond acceptors (Lipinski definition) is 3. The van der Waals surface area contributed by atoms with Crippen LogP contribution in [0.4, 0.5) is 0 Å². The molecule has 0 aliphatic rings. The summed E-state index contributed by atoms with van der Waals surface area (Å²) in [5, 5.41) is 2.57. The second kappa shape index (κ2) is 8.10. The van der Waals surface area contributed by atoms with Crippen molar-refractivity contribution >= 4 is 29.1 Å². The summed E-state index contributed by atoms with van der Waals surface area (Å²) in [6.07, 6.45) is 0. The Morgan fingerprint density at radius 2 is 1.50 bits per heavy atom. The SMILES string of the molecule is Cc1ccccc1C(=O)NC(=S)NNC(=O)c1ccc(C(C)(C)C)cc1. The Hall–Kier alpha value is -2.73. The summed E-state index contributed by atoms with van der Waals surface area (Å²) in [6, 6.07) is 14.5. The lowest BCUT2D eigenvalue weighted by Crippen LogP contribution is -2.48. The summed E-state index contributed by atoms with van der Waals surface area (Å²) in [7, 11) is 0. The molecule has 0 atom stereocenters. The van der Waals surface area contributed by atoms with Gasteiger partial charge < -0.3 is 0 Å². The number of rotatable bonds is 2. The zero-order valence-corrected chi connectivity index (χ0v) is 16.2. The van der Waals surface area contributed by atoms with Gasteiger partial charge in [0.15, 0.2) is 5.11 Å². The zero-order chi connectivity index (χ0) is 19.3. The number of carbonyl (C=O) groups is 2. The average Bonchev–Trinajstić information content (AvgIpc) is 2.59. The van der Waals surface area contributed by atoms with Crippen LogP contribution in [-0.2, 0) is 5.41 Å². The summed E-state index contributed by atoms with van der Waals surface area (Å²) in [5.74, 6) is -0.665. The summed E-state index contributed by atoms with van der Waals surface area (Å²) in [6.45, 7) is 8.17. The molecule has 0 aliphatic heterocycles. The van der Waals surface area contributed by atoms with E-state index in [9.17, 15) is 9.59 Å². The fourth-order valence-corrected chi connectivity index (χ4v) is 2.48. The van der Waals surface area contributed by atoms with Crippen LogP contribution < -0.4 is 16.2 Å². The lowest BCUT2D eigenvalue weighted by Gasteiger charge is -2.19. The molecule has 0 aromatic heterocycles. The predicted molar refractivity (Wildman–Crippen MR) is 107 cm³/mol. The monoisotopic (exact) mass is 369 g/mol. The van der Waals surface area contributed by atoms with Crippen molar-refractivity contribution in [3.63, 3.8) is 0 Å². The van der Waals surface area contributed by atoms with E-state index in [2.05, 4.69) is 36.9 Å². The fourth-order valence-electron chi connectivity index (χ4n) is 2.34. The second-order valence-electron chi connectivity index (χ2n) is 7.00. The number of hydrogen-bond donors (Lipinski definition) is 3. The van der Waals surface area contributed by atoms with E-state index in [0.717, 1.165) is 11.1 Å². The van der Waals surface area contributed by atoms with E-state index in [1.165, 1.54) is 0 Å². The van der Waals surface area contributed by atoms with Crippen molar-refractivity contribution < 1.29 is 9.59 Å². The highest BCUT2D eigenvalue weighted by atomic mass is 32.1. The van der Waals surface area contributed by atoms with Crippen molar-refractivity contribution in [1.82, 2.24) is 16.2 Å². The highest BCUT2D eigenvalue weighted by Crippen LogP contribution is 2.22. The van der Waals surface area contributed by atoms with Gasteiger partial charge >= 0.3 is 0 Å². The van der Waals surface area contributed by atoms with Crippen LogP contribution in [0.25, 0.3) is 0 Å². The molecule has 6 heteroatoms. The summed E-state index contributed by atoms with van der Waals surface area (Å²) in [5.41, 5.74) is 8.06.